The molecule has 44 nitrogen and oxygen atoms in total. The lowest BCUT2D eigenvalue weighted by Crippen LogP contribution is -2.61. The van der Waals surface area contributed by atoms with Gasteiger partial charge in [0.05, 0.1) is 6.54 Å². The maximum absolute atomic E-state index is 14.8. The molecule has 15 amide bonds. The molecule has 1 heterocycles. The van der Waals surface area contributed by atoms with Crippen molar-refractivity contribution in [3.8, 4) is 0 Å². The lowest BCUT2D eigenvalue weighted by molar-refractivity contribution is -0.140. The summed E-state index contributed by atoms with van der Waals surface area (Å²) in [5.41, 5.74) is 24.0. The first-order chi connectivity index (χ1) is 61.8. The third-order valence-corrected chi connectivity index (χ3v) is 20.6. The molecule has 0 aromatic carbocycles. The third-order valence-electron chi connectivity index (χ3n) is 20.6. The molecule has 1 aromatic heterocycles. The van der Waals surface area contributed by atoms with Gasteiger partial charge in [-0.1, -0.05) is 75.3 Å². The lowest BCUT2D eigenvalue weighted by atomic mass is 9.98. The van der Waals surface area contributed by atoms with E-state index in [-0.39, 0.29) is 140 Å². The van der Waals surface area contributed by atoms with Crippen LogP contribution in [-0.4, -0.2) is 261 Å². The van der Waals surface area contributed by atoms with Crippen LogP contribution in [0.4, 0.5) is 0 Å². The predicted octanol–water partition coefficient (Wildman–Crippen LogP) is -1.66. The minimum atomic E-state index is -1.84. The van der Waals surface area contributed by atoms with E-state index in [2.05, 4.69) is 84.7 Å². The number of hydrogen-bond acceptors (Lipinski definition) is 25. The average molecular weight is 1860 g/mol. The van der Waals surface area contributed by atoms with E-state index in [1.807, 2.05) is 0 Å². The molecule has 0 radical (unpaired) electrons. The van der Waals surface area contributed by atoms with E-state index in [9.17, 15) is 116 Å². The Hall–Kier alpha value is -11.4. The van der Waals surface area contributed by atoms with Crippen molar-refractivity contribution in [2.24, 2.45) is 52.5 Å². The molecule has 0 saturated heterocycles. The largest absolute Gasteiger partial charge is 0.481 e. The van der Waals surface area contributed by atoms with Crippen LogP contribution < -0.4 is 103 Å². The molecule has 0 aliphatic heterocycles. The van der Waals surface area contributed by atoms with Gasteiger partial charge in [0.15, 0.2) is 0 Å². The maximum atomic E-state index is 14.8. The van der Waals surface area contributed by atoms with Gasteiger partial charge in [-0.25, -0.2) is 0 Å². The van der Waals surface area contributed by atoms with Crippen LogP contribution in [-0.2, 0) is 102 Å². The Morgan fingerprint density at radius 2 is 0.519 bits per heavy atom. The third kappa shape index (κ3) is 51.1. The van der Waals surface area contributed by atoms with Gasteiger partial charge in [-0.05, 0) is 216 Å². The van der Waals surface area contributed by atoms with Gasteiger partial charge in [0, 0.05) is 44.5 Å². The monoisotopic (exact) mass is 1860 g/mol. The maximum Gasteiger partial charge on any atom is 0.303 e. The smallest absolute Gasteiger partial charge is 0.303 e. The highest BCUT2D eigenvalue weighted by Crippen LogP contribution is 2.18. The molecule has 0 unspecified atom stereocenters. The van der Waals surface area contributed by atoms with Crippen LogP contribution >= 0.6 is 0 Å². The van der Waals surface area contributed by atoms with Crippen LogP contribution in [0, 0.1) is 29.6 Å². The van der Waals surface area contributed by atoms with E-state index in [0.717, 1.165) is 0 Å². The van der Waals surface area contributed by atoms with Gasteiger partial charge in [0.25, 0.3) is 0 Å². The molecule has 27 N–H and O–H groups in total. The molecule has 14 atom stereocenters. The number of amides is 15. The molecular weight excluding hydrogens is 1710 g/mol. The molecule has 1 rings (SSSR count). The Morgan fingerprint density at radius 1 is 0.298 bits per heavy atom. The molecule has 0 aliphatic rings. The van der Waals surface area contributed by atoms with Gasteiger partial charge >= 0.3 is 23.9 Å². The molecule has 131 heavy (non-hydrogen) atoms. The van der Waals surface area contributed by atoms with Gasteiger partial charge in [0.2, 0.25) is 88.6 Å². The number of rotatable bonds is 71. The summed E-state index contributed by atoms with van der Waals surface area (Å²) < 4.78 is 0. The zero-order valence-electron chi connectivity index (χ0n) is 77.7. The van der Waals surface area contributed by atoms with Gasteiger partial charge in [-0.2, -0.15) is 0 Å². The second-order valence-electron chi connectivity index (χ2n) is 34.9. The highest BCUT2D eigenvalue weighted by atomic mass is 16.4. The van der Waals surface area contributed by atoms with Crippen LogP contribution in [0.1, 0.15) is 249 Å². The van der Waals surface area contributed by atoms with E-state index in [0.29, 0.717) is 50.4 Å². The Balaban J connectivity index is 3.81. The van der Waals surface area contributed by atoms with E-state index < -0.39 is 254 Å². The van der Waals surface area contributed by atoms with Gasteiger partial charge in [-0.3, -0.25) is 96.1 Å². The number of aryl methyl sites for hydroxylation is 1. The predicted molar refractivity (Wildman–Crippen MR) is 481 cm³/mol. The molecule has 0 saturated carbocycles. The summed E-state index contributed by atoms with van der Waals surface area (Å²) in [6, 6.07) is -17.5. The van der Waals surface area contributed by atoms with E-state index in [1.165, 1.54) is 19.3 Å². The molecule has 0 fully saturated rings. The second-order valence-corrected chi connectivity index (χ2v) is 34.9. The number of carbonyl (C=O) groups excluding carboxylic acids is 16. The number of pyridine rings is 1. The van der Waals surface area contributed by atoms with Crippen LogP contribution in [0.2, 0.25) is 0 Å². The van der Waals surface area contributed by atoms with Crippen LogP contribution in [0.25, 0.3) is 0 Å². The Bertz CT molecular complexity index is 3840. The summed E-state index contributed by atoms with van der Waals surface area (Å²) in [6.07, 6.45) is 0.433. The number of aliphatic carboxylic acids is 4. The fourth-order valence-corrected chi connectivity index (χ4v) is 13.7. The van der Waals surface area contributed by atoms with Crippen molar-refractivity contribution < 1.29 is 116 Å². The van der Waals surface area contributed by atoms with E-state index in [1.54, 1.807) is 81.4 Å². The van der Waals surface area contributed by atoms with Gasteiger partial charge in [0.1, 0.15) is 90.9 Å². The molecular formula is C87H148N20O24. The lowest BCUT2D eigenvalue weighted by Gasteiger charge is -2.29. The average Bonchev–Trinajstić information content (AvgIpc) is 0.851. The second kappa shape index (κ2) is 65.2. The zero-order valence-corrected chi connectivity index (χ0v) is 77.7. The summed E-state index contributed by atoms with van der Waals surface area (Å²) in [6.45, 7) is 18.9. The first kappa shape index (κ1) is 118. The summed E-state index contributed by atoms with van der Waals surface area (Å²) in [5, 5.41) is 77.7. The zero-order chi connectivity index (χ0) is 99.0. The first-order valence-electron chi connectivity index (χ1n) is 45.3. The number of unbranched alkanes of at least 4 members (excludes halogenated alkanes) is 4. The fourth-order valence-electron chi connectivity index (χ4n) is 13.7. The van der Waals surface area contributed by atoms with Gasteiger partial charge < -0.3 is 128 Å². The number of carboxylic acid groups (broad SMARTS) is 4. The number of carbonyl (C=O) groups is 20. The van der Waals surface area contributed by atoms with Crippen molar-refractivity contribution in [1.82, 2.24) is 84.7 Å². The SMILES string of the molecule is CC(C)C[C@H](NC(=O)[C@H](CCC(=O)O)NC(=O)[C@H](CCC(=O)O)NC(=O)CCc1cccnc1)C(=O)N[C@@H](CC(C)C)C(=O)N[C@@H](CCCCN)C(=O)N[C@@H](CCCCN)C(=O)N[C@@H](CC(C)C)C(=O)N[C@@H](CCC(=O)O)C(=O)N[C@@H](CCC(=O)O)C(=O)N[C@@H](CC(C)C)C(=O)N[C@@H](CC(C)C)C(=O)N[C@@H](CCCCN)C(=O)N[C@@H](CCCCN)C(=O)N[C@@H](C)C(=O)NCC=O. The highest BCUT2D eigenvalue weighted by Gasteiger charge is 2.40. The van der Waals surface area contributed by atoms with Gasteiger partial charge in [-0.15, -0.1) is 0 Å². The number of hydrogen-bond donors (Lipinski definition) is 23. The number of aromatic nitrogens is 1. The Morgan fingerprint density at radius 3 is 0.733 bits per heavy atom. The number of nitrogens with one attached hydrogen (secondary N) is 15. The molecule has 740 valence electrons. The molecule has 1 aromatic rings. The fraction of sp³-hybridized carbons (Fsp3) is 0.713. The quantitative estimate of drug-likeness (QED) is 0.0256. The highest BCUT2D eigenvalue weighted by molar-refractivity contribution is 6.01. The van der Waals surface area contributed by atoms with E-state index >= 15 is 0 Å². The number of aldehydes is 1. The normalized spacial score (nSPS) is 14.5. The summed E-state index contributed by atoms with van der Waals surface area (Å²) >= 11 is 0. The number of carboxylic acids is 4. The number of nitrogens with two attached hydrogens (primary N) is 4. The summed E-state index contributed by atoms with van der Waals surface area (Å²) in [4.78, 5) is 277. The summed E-state index contributed by atoms with van der Waals surface area (Å²) in [7, 11) is 0. The minimum absolute atomic E-state index is 0.00127. The van der Waals surface area contributed by atoms with Crippen molar-refractivity contribution >= 4 is 119 Å². The first-order valence-corrected chi connectivity index (χ1v) is 45.3. The van der Waals surface area contributed by atoms with Crippen molar-refractivity contribution in [3.63, 3.8) is 0 Å². The molecule has 0 bridgehead atoms. The Labute approximate surface area is 766 Å². The van der Waals surface area contributed by atoms with Crippen molar-refractivity contribution in [2.75, 3.05) is 32.7 Å². The van der Waals surface area contributed by atoms with Crippen molar-refractivity contribution in [2.45, 2.75) is 334 Å². The van der Waals surface area contributed by atoms with Crippen LogP contribution in [0.15, 0.2) is 24.5 Å². The van der Waals surface area contributed by atoms with Crippen molar-refractivity contribution in [1.29, 1.82) is 0 Å². The molecule has 44 heteroatoms. The van der Waals surface area contributed by atoms with Crippen LogP contribution in [0.5, 0.6) is 0 Å². The number of nitrogens with zero attached hydrogens (tertiary/aromatic N) is 1. The molecule has 0 spiro atoms. The molecule has 0 aliphatic carbocycles. The van der Waals surface area contributed by atoms with E-state index in [4.69, 9.17) is 22.9 Å². The van der Waals surface area contributed by atoms with Crippen molar-refractivity contribution in [3.05, 3.63) is 30.1 Å². The topological polar surface area (TPSA) is 720 Å². The Kier molecular flexibility index (Phi) is 58.5. The minimum Gasteiger partial charge on any atom is -0.481 e. The van der Waals surface area contributed by atoms with Crippen LogP contribution in [0.3, 0.4) is 0 Å². The summed E-state index contributed by atoms with van der Waals surface area (Å²) in [5.74, 6) is -21.2. The standard InChI is InChI=1S/C87H148N20O24/c1-49(2)43-64(85(129)102-61(28-33-71(112)113)80(124)101-63(30-35-73(116)117)82(126)105-68(47-53(9)10)87(131)106-65(44-50(3)4)83(127)98-57(23-13-17-37-89)76(120)96-56(22-12-16-36-88)75(119)94-54(11)74(118)93-41-42-108)103-78(122)59(25-15-19-39-91)97-77(121)58(24-14-18-38-90)99-84(128)66(45-51(5)6)107-86(130)67(46-52(7)8)104-81(125)62(29-34-72(114)115)100-79(123)60(27-32-70(110)111)95-69(109)31-26-55-21-20-40-92-48-55/h20-21,40,42,48-54,56-68H,12-19,22-39,41,43-47,88-91H2,1-11H3,(H,93,118)(H,94,119)(H,95,109)(H,96,120)(H,97,121)(H,98,127)(H,99,128)(H,100,123)(H,101,124)(H,102,129)(H,103,122)(H,104,125)(H,105,126)(H,106,131)(H,107,130)(H,110,111)(H,112,113)(H,114,115)(H,116,117)/t54-,56-,57-,58-,59-,60-,61-,62-,63-,64-,65-,66-,67-,68-/m0/s1.